The first-order valence-corrected chi connectivity index (χ1v) is 7.68. The fourth-order valence-corrected chi connectivity index (χ4v) is 2.69. The zero-order valence-electron chi connectivity index (χ0n) is 12.0. The van der Waals surface area contributed by atoms with Crippen molar-refractivity contribution in [1.29, 1.82) is 0 Å². The largest absolute Gasteiger partial charge is 0.332 e. The summed E-state index contributed by atoms with van der Waals surface area (Å²) in [5.41, 5.74) is 3.29. The van der Waals surface area contributed by atoms with E-state index in [9.17, 15) is 4.79 Å². The minimum Gasteiger partial charge on any atom is -0.332 e. The fourth-order valence-electron chi connectivity index (χ4n) is 2.00. The van der Waals surface area contributed by atoms with E-state index in [0.717, 1.165) is 16.8 Å². The smallest absolute Gasteiger partial charge is 0.258 e. The Morgan fingerprint density at radius 3 is 2.32 bits per heavy atom. The molecule has 0 unspecified atom stereocenters. The lowest BCUT2D eigenvalue weighted by Crippen LogP contribution is -2.34. The fraction of sp³-hybridized carbons (Fsp3) is 0.125. The van der Waals surface area contributed by atoms with Crippen molar-refractivity contribution in [1.82, 2.24) is 5.32 Å². The van der Waals surface area contributed by atoms with E-state index < -0.39 is 0 Å². The summed E-state index contributed by atoms with van der Waals surface area (Å²) in [6, 6.07) is 10.6. The van der Waals surface area contributed by atoms with Gasteiger partial charge in [-0.25, -0.2) is 0 Å². The summed E-state index contributed by atoms with van der Waals surface area (Å²) in [5.74, 6) is -0.384. The van der Waals surface area contributed by atoms with Gasteiger partial charge in [-0.1, -0.05) is 41.4 Å². The monoisotopic (exact) mass is 352 g/mol. The maximum Gasteiger partial charge on any atom is 0.258 e. The van der Waals surface area contributed by atoms with Crippen LogP contribution in [0.2, 0.25) is 10.0 Å². The molecule has 0 aromatic heterocycles. The number of hydrogen-bond acceptors (Lipinski definition) is 2. The normalized spacial score (nSPS) is 10.2. The van der Waals surface area contributed by atoms with E-state index in [4.69, 9.17) is 35.4 Å². The first-order valence-electron chi connectivity index (χ1n) is 6.52. The third-order valence-corrected chi connectivity index (χ3v) is 3.87. The highest BCUT2D eigenvalue weighted by atomic mass is 35.5. The number of halogens is 2. The van der Waals surface area contributed by atoms with Gasteiger partial charge in [-0.05, 0) is 55.4 Å². The van der Waals surface area contributed by atoms with Crippen LogP contribution in [0.1, 0.15) is 21.5 Å². The second-order valence-electron chi connectivity index (χ2n) is 4.80. The number of carbonyl (C=O) groups is 1. The van der Waals surface area contributed by atoms with Crippen LogP contribution in [0, 0.1) is 13.8 Å². The lowest BCUT2D eigenvalue weighted by Gasteiger charge is -2.14. The topological polar surface area (TPSA) is 41.1 Å². The number of rotatable bonds is 2. The number of hydrogen-bond donors (Lipinski definition) is 2. The predicted molar refractivity (Wildman–Crippen MR) is 96.1 cm³/mol. The van der Waals surface area contributed by atoms with E-state index >= 15 is 0 Å². The molecule has 0 atom stereocenters. The van der Waals surface area contributed by atoms with Gasteiger partial charge in [0.2, 0.25) is 0 Å². The predicted octanol–water partition coefficient (Wildman–Crippen LogP) is 4.74. The molecule has 2 N–H and O–H groups in total. The van der Waals surface area contributed by atoms with Gasteiger partial charge in [0, 0.05) is 10.7 Å². The number of aryl methyl sites for hydroxylation is 2. The van der Waals surface area contributed by atoms with E-state index in [-0.39, 0.29) is 16.0 Å². The molecule has 0 radical (unpaired) electrons. The van der Waals surface area contributed by atoms with E-state index in [1.807, 2.05) is 32.0 Å². The van der Waals surface area contributed by atoms with Crippen molar-refractivity contribution in [3.8, 4) is 0 Å². The summed E-state index contributed by atoms with van der Waals surface area (Å²) >= 11 is 17.0. The van der Waals surface area contributed by atoms with Crippen molar-refractivity contribution >= 4 is 52.1 Å². The van der Waals surface area contributed by atoms with Crippen LogP contribution in [0.5, 0.6) is 0 Å². The van der Waals surface area contributed by atoms with Gasteiger partial charge in [0.15, 0.2) is 5.11 Å². The molecule has 0 aliphatic rings. The van der Waals surface area contributed by atoms with E-state index in [1.165, 1.54) is 6.07 Å². The van der Waals surface area contributed by atoms with Crippen LogP contribution in [0.25, 0.3) is 0 Å². The third kappa shape index (κ3) is 3.97. The Kier molecular flexibility index (Phi) is 5.40. The maximum absolute atomic E-state index is 12.2. The molecule has 1 amide bonds. The van der Waals surface area contributed by atoms with Crippen LogP contribution in [-0.2, 0) is 0 Å². The van der Waals surface area contributed by atoms with E-state index in [0.29, 0.717) is 10.6 Å². The highest BCUT2D eigenvalue weighted by Crippen LogP contribution is 2.21. The molecule has 2 rings (SSSR count). The molecule has 0 heterocycles. The molecule has 0 saturated heterocycles. The molecule has 114 valence electrons. The van der Waals surface area contributed by atoms with Crippen LogP contribution < -0.4 is 10.6 Å². The summed E-state index contributed by atoms with van der Waals surface area (Å²) in [6.07, 6.45) is 0. The Morgan fingerprint density at radius 2 is 1.73 bits per heavy atom. The van der Waals surface area contributed by atoms with Crippen LogP contribution in [0.3, 0.4) is 0 Å². The van der Waals surface area contributed by atoms with Crippen molar-refractivity contribution in [3.05, 3.63) is 63.1 Å². The summed E-state index contributed by atoms with van der Waals surface area (Å²) in [6.45, 7) is 3.94. The standard InChI is InChI=1S/C16H14Cl2N2OS/c1-9-4-3-5-10(2)14(9)19-16(22)20-15(21)12-7-6-11(17)8-13(12)18/h3-8H,1-2H3,(H2,19,20,21,22). The van der Waals surface area contributed by atoms with Gasteiger partial charge < -0.3 is 5.32 Å². The molecule has 2 aromatic rings. The van der Waals surface area contributed by atoms with Crippen LogP contribution in [0.15, 0.2) is 36.4 Å². The van der Waals surface area contributed by atoms with Crippen LogP contribution in [0.4, 0.5) is 5.69 Å². The first-order chi connectivity index (χ1) is 10.4. The molecule has 6 heteroatoms. The molecule has 0 saturated carbocycles. The Labute approximate surface area is 144 Å². The van der Waals surface area contributed by atoms with Crippen LogP contribution in [-0.4, -0.2) is 11.0 Å². The molecule has 0 bridgehead atoms. The maximum atomic E-state index is 12.2. The van der Waals surface area contributed by atoms with Gasteiger partial charge in [0.05, 0.1) is 10.6 Å². The summed E-state index contributed by atoms with van der Waals surface area (Å²) < 4.78 is 0. The van der Waals surface area contributed by atoms with Crippen molar-refractivity contribution in [3.63, 3.8) is 0 Å². The zero-order valence-corrected chi connectivity index (χ0v) is 14.4. The van der Waals surface area contributed by atoms with Crippen molar-refractivity contribution in [2.45, 2.75) is 13.8 Å². The first kappa shape index (κ1) is 16.7. The summed E-state index contributed by atoms with van der Waals surface area (Å²) in [5, 5.41) is 6.62. The summed E-state index contributed by atoms with van der Waals surface area (Å²) in [4.78, 5) is 12.2. The number of carbonyl (C=O) groups excluding carboxylic acids is 1. The minimum absolute atomic E-state index is 0.216. The molecular weight excluding hydrogens is 339 g/mol. The molecule has 3 nitrogen and oxygen atoms in total. The average Bonchev–Trinajstić information content (AvgIpc) is 2.42. The Bertz CT molecular complexity index is 727. The number of nitrogens with one attached hydrogen (secondary N) is 2. The molecule has 0 aliphatic carbocycles. The second-order valence-corrected chi connectivity index (χ2v) is 6.05. The highest BCUT2D eigenvalue weighted by molar-refractivity contribution is 7.80. The van der Waals surface area contributed by atoms with Gasteiger partial charge in [-0.3, -0.25) is 10.1 Å². The second kappa shape index (κ2) is 7.09. The number of anilines is 1. The number of para-hydroxylation sites is 1. The quantitative estimate of drug-likeness (QED) is 0.767. The number of amides is 1. The van der Waals surface area contributed by atoms with Gasteiger partial charge in [-0.15, -0.1) is 0 Å². The van der Waals surface area contributed by atoms with Crippen molar-refractivity contribution in [2.24, 2.45) is 0 Å². The van der Waals surface area contributed by atoms with Gasteiger partial charge in [-0.2, -0.15) is 0 Å². The van der Waals surface area contributed by atoms with E-state index in [1.54, 1.807) is 12.1 Å². The Balaban J connectivity index is 2.10. The lowest BCUT2D eigenvalue weighted by molar-refractivity contribution is 0.0978. The molecule has 0 fully saturated rings. The van der Waals surface area contributed by atoms with Gasteiger partial charge in [0.1, 0.15) is 0 Å². The third-order valence-electron chi connectivity index (χ3n) is 3.12. The van der Waals surface area contributed by atoms with E-state index in [2.05, 4.69) is 10.6 Å². The lowest BCUT2D eigenvalue weighted by atomic mass is 10.1. The Morgan fingerprint density at radius 1 is 1.09 bits per heavy atom. The van der Waals surface area contributed by atoms with Crippen molar-refractivity contribution in [2.75, 3.05) is 5.32 Å². The minimum atomic E-state index is -0.384. The zero-order chi connectivity index (χ0) is 16.3. The number of thiocarbonyl (C=S) groups is 1. The highest BCUT2D eigenvalue weighted by Gasteiger charge is 2.13. The van der Waals surface area contributed by atoms with Gasteiger partial charge >= 0.3 is 0 Å². The number of benzene rings is 2. The molecule has 0 aliphatic heterocycles. The molecular formula is C16H14Cl2N2OS. The molecule has 2 aromatic carbocycles. The van der Waals surface area contributed by atoms with Crippen LogP contribution >= 0.6 is 35.4 Å². The summed E-state index contributed by atoms with van der Waals surface area (Å²) in [7, 11) is 0. The van der Waals surface area contributed by atoms with Crippen molar-refractivity contribution < 1.29 is 4.79 Å². The SMILES string of the molecule is Cc1cccc(C)c1NC(=S)NC(=O)c1ccc(Cl)cc1Cl. The molecule has 0 spiro atoms. The molecule has 22 heavy (non-hydrogen) atoms. The average molecular weight is 353 g/mol. The van der Waals surface area contributed by atoms with Gasteiger partial charge in [0.25, 0.3) is 5.91 Å². The Hall–Kier alpha value is -1.62.